The third-order valence-corrected chi connectivity index (χ3v) is 7.26. The number of aliphatic hydroxyl groups is 4. The summed E-state index contributed by atoms with van der Waals surface area (Å²) in [6.07, 6.45) is 4.85. The van der Waals surface area contributed by atoms with Crippen LogP contribution >= 0.6 is 0 Å². The molecule has 40 heavy (non-hydrogen) atoms. The number of nitrogens with zero attached hydrogens (tertiary/aromatic N) is 1. The first-order valence-corrected chi connectivity index (χ1v) is 13.6. The monoisotopic (exact) mass is 561 g/mol. The minimum Gasteiger partial charge on any atom is -0.489 e. The summed E-state index contributed by atoms with van der Waals surface area (Å²) in [5.74, 6) is 0.751. The van der Waals surface area contributed by atoms with Gasteiger partial charge in [-0.1, -0.05) is 48.5 Å². The molecule has 2 heterocycles. The Labute approximate surface area is 238 Å². The SMILES string of the molecule is CC=C(C)[C@@H](O)[C@H](C)C=C(C)C=CCC(C)=CCc1nc(OC)c(OC)c(O[C@H]2O[C@@H](C)[C@H](O)[C@@H](O)[C@H]2O)c1C. The average Bonchev–Trinajstić information content (AvgIpc) is 2.93. The van der Waals surface area contributed by atoms with Crippen molar-refractivity contribution in [3.8, 4) is 17.4 Å². The van der Waals surface area contributed by atoms with Gasteiger partial charge in [-0.05, 0) is 53.5 Å². The maximum atomic E-state index is 10.5. The molecule has 9 heteroatoms. The van der Waals surface area contributed by atoms with Crippen LogP contribution in [0.25, 0.3) is 0 Å². The minimum atomic E-state index is -1.47. The lowest BCUT2D eigenvalue weighted by Crippen LogP contribution is -2.58. The maximum absolute atomic E-state index is 10.5. The number of pyridine rings is 1. The molecule has 1 fully saturated rings. The zero-order valence-corrected chi connectivity index (χ0v) is 25.2. The topological polar surface area (TPSA) is 131 Å². The minimum absolute atomic E-state index is 0.0182. The normalized spacial score (nSPS) is 26.1. The largest absolute Gasteiger partial charge is 0.489 e. The predicted octanol–water partition coefficient (Wildman–Crippen LogP) is 3.96. The van der Waals surface area contributed by atoms with Crippen molar-refractivity contribution in [2.24, 2.45) is 5.92 Å². The molecular weight excluding hydrogens is 514 g/mol. The van der Waals surface area contributed by atoms with E-state index in [2.05, 4.69) is 29.3 Å². The van der Waals surface area contributed by atoms with Crippen LogP contribution in [0.4, 0.5) is 0 Å². The predicted molar refractivity (Wildman–Crippen MR) is 155 cm³/mol. The second kappa shape index (κ2) is 15.3. The van der Waals surface area contributed by atoms with Crippen LogP contribution in [0.1, 0.15) is 59.2 Å². The van der Waals surface area contributed by atoms with Gasteiger partial charge in [-0.2, -0.15) is 0 Å². The molecule has 0 bridgehead atoms. The molecule has 4 N–H and O–H groups in total. The van der Waals surface area contributed by atoms with Crippen molar-refractivity contribution in [2.45, 2.75) is 98.1 Å². The summed E-state index contributed by atoms with van der Waals surface area (Å²) in [4.78, 5) is 4.61. The van der Waals surface area contributed by atoms with Crippen molar-refractivity contribution < 1.29 is 39.4 Å². The molecule has 0 unspecified atom stereocenters. The molecular formula is C31H47NO8. The average molecular weight is 562 g/mol. The van der Waals surface area contributed by atoms with Gasteiger partial charge in [0.05, 0.1) is 32.1 Å². The van der Waals surface area contributed by atoms with Crippen molar-refractivity contribution >= 4 is 0 Å². The van der Waals surface area contributed by atoms with Crippen LogP contribution in [-0.2, 0) is 11.2 Å². The molecule has 1 aliphatic heterocycles. The second-order valence-corrected chi connectivity index (χ2v) is 10.5. The zero-order chi connectivity index (χ0) is 30.1. The molecule has 1 saturated heterocycles. The van der Waals surface area contributed by atoms with Gasteiger partial charge in [0.25, 0.3) is 5.88 Å². The van der Waals surface area contributed by atoms with Crippen LogP contribution in [0.5, 0.6) is 17.4 Å². The summed E-state index contributed by atoms with van der Waals surface area (Å²) in [6.45, 7) is 13.3. The molecule has 0 aromatic carbocycles. The first-order valence-electron chi connectivity index (χ1n) is 13.6. The van der Waals surface area contributed by atoms with Crippen molar-refractivity contribution in [2.75, 3.05) is 14.2 Å². The molecule has 0 aliphatic carbocycles. The number of aliphatic hydroxyl groups excluding tert-OH is 4. The number of rotatable bonds is 12. The summed E-state index contributed by atoms with van der Waals surface area (Å²) in [5.41, 5.74) is 4.54. The van der Waals surface area contributed by atoms with Crippen LogP contribution < -0.4 is 14.2 Å². The zero-order valence-electron chi connectivity index (χ0n) is 25.2. The van der Waals surface area contributed by atoms with Gasteiger partial charge >= 0.3 is 0 Å². The van der Waals surface area contributed by atoms with Gasteiger partial charge in [0.2, 0.25) is 12.0 Å². The third kappa shape index (κ3) is 8.41. The Bertz CT molecular complexity index is 1110. The molecule has 0 saturated carbocycles. The summed E-state index contributed by atoms with van der Waals surface area (Å²) >= 11 is 0. The van der Waals surface area contributed by atoms with E-state index >= 15 is 0 Å². The summed E-state index contributed by atoms with van der Waals surface area (Å²) in [5, 5.41) is 41.0. The van der Waals surface area contributed by atoms with Gasteiger partial charge in [-0.25, -0.2) is 4.98 Å². The Kier molecular flexibility index (Phi) is 12.9. The van der Waals surface area contributed by atoms with Gasteiger partial charge in [-0.15, -0.1) is 0 Å². The van der Waals surface area contributed by atoms with Crippen molar-refractivity contribution in [1.29, 1.82) is 0 Å². The smallest absolute Gasteiger partial charge is 0.261 e. The first kappa shape index (κ1) is 33.5. The Morgan fingerprint density at radius 1 is 1.05 bits per heavy atom. The highest BCUT2D eigenvalue weighted by Crippen LogP contribution is 2.41. The number of ether oxygens (including phenoxy) is 4. The quantitative estimate of drug-likeness (QED) is 0.221. The summed E-state index contributed by atoms with van der Waals surface area (Å²) in [7, 11) is 2.93. The van der Waals surface area contributed by atoms with E-state index in [4.69, 9.17) is 18.9 Å². The van der Waals surface area contributed by atoms with Crippen LogP contribution in [0.15, 0.2) is 47.1 Å². The van der Waals surface area contributed by atoms with E-state index in [9.17, 15) is 20.4 Å². The van der Waals surface area contributed by atoms with Crippen LogP contribution in [0, 0.1) is 12.8 Å². The summed E-state index contributed by atoms with van der Waals surface area (Å²) in [6, 6.07) is 0. The maximum Gasteiger partial charge on any atom is 0.261 e. The van der Waals surface area contributed by atoms with Gasteiger partial charge in [0.15, 0.2) is 5.75 Å². The highest BCUT2D eigenvalue weighted by molar-refractivity contribution is 5.54. The lowest BCUT2D eigenvalue weighted by Gasteiger charge is -2.39. The fourth-order valence-electron chi connectivity index (χ4n) is 4.47. The number of hydrogen-bond donors (Lipinski definition) is 4. The van der Waals surface area contributed by atoms with Crippen molar-refractivity contribution in [3.05, 3.63) is 58.4 Å². The Morgan fingerprint density at radius 2 is 1.73 bits per heavy atom. The molecule has 1 aromatic heterocycles. The molecule has 1 aliphatic rings. The van der Waals surface area contributed by atoms with E-state index in [-0.39, 0.29) is 23.3 Å². The molecule has 0 spiro atoms. The standard InChI is InChI=1S/C31H47NO8/c1-10-19(4)24(33)20(5)16-18(3)13-11-12-17(2)14-15-23-21(6)28(29(37-8)30(32-23)38-9)40-31-27(36)26(35)25(34)22(7)39-31/h10-11,13-14,16,20,22,24-27,31,33-36H,12,15H2,1-9H3/t20-,22+,24-,25+,26-,27-,31-/m1/s1. The van der Waals surface area contributed by atoms with E-state index in [0.717, 1.165) is 23.1 Å². The van der Waals surface area contributed by atoms with Crippen LogP contribution in [0.2, 0.25) is 0 Å². The summed E-state index contributed by atoms with van der Waals surface area (Å²) < 4.78 is 22.6. The highest BCUT2D eigenvalue weighted by atomic mass is 16.7. The Balaban J connectivity index is 2.20. The van der Waals surface area contributed by atoms with Gasteiger partial charge in [-0.3, -0.25) is 0 Å². The third-order valence-electron chi connectivity index (χ3n) is 7.26. The lowest BCUT2D eigenvalue weighted by molar-refractivity contribution is -0.268. The number of aromatic nitrogens is 1. The van der Waals surface area contributed by atoms with Gasteiger partial charge in [0.1, 0.15) is 18.3 Å². The number of allylic oxidation sites excluding steroid dienone is 6. The fourth-order valence-corrected chi connectivity index (χ4v) is 4.47. The van der Waals surface area contributed by atoms with Crippen LogP contribution in [-0.4, -0.2) is 76.4 Å². The van der Waals surface area contributed by atoms with E-state index in [0.29, 0.717) is 17.7 Å². The van der Waals surface area contributed by atoms with E-state index < -0.39 is 36.8 Å². The lowest BCUT2D eigenvalue weighted by atomic mass is 9.96. The van der Waals surface area contributed by atoms with E-state index in [1.165, 1.54) is 14.2 Å². The Hall–Kier alpha value is -2.69. The van der Waals surface area contributed by atoms with Crippen molar-refractivity contribution in [1.82, 2.24) is 4.98 Å². The fraction of sp³-hybridized carbons (Fsp3) is 0.581. The second-order valence-electron chi connectivity index (χ2n) is 10.5. The van der Waals surface area contributed by atoms with Crippen LogP contribution in [0.3, 0.4) is 0 Å². The molecule has 0 amide bonds. The first-order chi connectivity index (χ1) is 18.9. The molecule has 7 atom stereocenters. The van der Waals surface area contributed by atoms with E-state index in [1.54, 1.807) is 6.92 Å². The molecule has 1 aromatic rings. The molecule has 9 nitrogen and oxygen atoms in total. The number of methoxy groups -OCH3 is 2. The molecule has 2 rings (SSSR count). The van der Waals surface area contributed by atoms with E-state index in [1.807, 2.05) is 47.6 Å². The van der Waals surface area contributed by atoms with Gasteiger partial charge < -0.3 is 39.4 Å². The van der Waals surface area contributed by atoms with Gasteiger partial charge in [0, 0.05) is 17.9 Å². The molecule has 224 valence electrons. The number of hydrogen-bond acceptors (Lipinski definition) is 9. The molecule has 0 radical (unpaired) electrons. The Morgan fingerprint density at radius 3 is 2.33 bits per heavy atom. The highest BCUT2D eigenvalue weighted by Gasteiger charge is 2.43. The van der Waals surface area contributed by atoms with Crippen molar-refractivity contribution in [3.63, 3.8) is 0 Å².